The zero-order chi connectivity index (χ0) is 13.8. The van der Waals surface area contributed by atoms with E-state index < -0.39 is 0 Å². The van der Waals surface area contributed by atoms with Gasteiger partial charge in [0.25, 0.3) is 5.91 Å². The fourth-order valence-electron chi connectivity index (χ4n) is 1.68. The number of anilines is 2. The van der Waals surface area contributed by atoms with E-state index in [0.29, 0.717) is 16.9 Å². The van der Waals surface area contributed by atoms with Crippen molar-refractivity contribution in [3.63, 3.8) is 0 Å². The summed E-state index contributed by atoms with van der Waals surface area (Å²) in [4.78, 5) is 16.2. The average Bonchev–Trinajstić information content (AvgIpc) is 2.41. The maximum absolute atomic E-state index is 12.8. The molecule has 0 saturated carbocycles. The van der Waals surface area contributed by atoms with Crippen LogP contribution in [-0.4, -0.2) is 17.9 Å². The van der Waals surface area contributed by atoms with E-state index >= 15 is 0 Å². The standard InChI is InChI=1S/C14H14FN3O/c1-9-7-13(16-2)12(8-17-9)14(19)18-11-5-3-10(15)4-6-11/h3-8H,1-2H3,(H,16,17)(H,18,19). The number of amides is 1. The van der Waals surface area contributed by atoms with Gasteiger partial charge in [-0.2, -0.15) is 0 Å². The molecule has 0 bridgehead atoms. The van der Waals surface area contributed by atoms with E-state index in [1.54, 1.807) is 13.1 Å². The van der Waals surface area contributed by atoms with Gasteiger partial charge in [-0.1, -0.05) is 0 Å². The number of aryl methyl sites for hydroxylation is 1. The summed E-state index contributed by atoms with van der Waals surface area (Å²) in [6.45, 7) is 1.85. The fraction of sp³-hybridized carbons (Fsp3) is 0.143. The number of benzene rings is 1. The van der Waals surface area contributed by atoms with Crippen molar-refractivity contribution in [1.82, 2.24) is 4.98 Å². The van der Waals surface area contributed by atoms with Crippen molar-refractivity contribution in [2.24, 2.45) is 0 Å². The molecule has 0 unspecified atom stereocenters. The maximum Gasteiger partial charge on any atom is 0.259 e. The first-order valence-corrected chi connectivity index (χ1v) is 5.81. The Bertz CT molecular complexity index is 596. The van der Waals surface area contributed by atoms with Crippen molar-refractivity contribution < 1.29 is 9.18 Å². The van der Waals surface area contributed by atoms with Crippen LogP contribution in [0.25, 0.3) is 0 Å². The van der Waals surface area contributed by atoms with Crippen molar-refractivity contribution >= 4 is 17.3 Å². The number of rotatable bonds is 3. The molecule has 0 saturated heterocycles. The molecule has 98 valence electrons. The van der Waals surface area contributed by atoms with Gasteiger partial charge in [-0.3, -0.25) is 9.78 Å². The van der Waals surface area contributed by atoms with Gasteiger partial charge in [-0.15, -0.1) is 0 Å². The molecule has 1 heterocycles. The highest BCUT2D eigenvalue weighted by Crippen LogP contribution is 2.17. The summed E-state index contributed by atoms with van der Waals surface area (Å²) in [7, 11) is 1.74. The van der Waals surface area contributed by atoms with Crippen LogP contribution in [0.4, 0.5) is 15.8 Å². The third-order valence-corrected chi connectivity index (χ3v) is 2.66. The molecule has 0 aliphatic rings. The third kappa shape index (κ3) is 3.07. The van der Waals surface area contributed by atoms with E-state index in [2.05, 4.69) is 15.6 Å². The largest absolute Gasteiger partial charge is 0.387 e. The molecule has 5 heteroatoms. The SMILES string of the molecule is CNc1cc(C)ncc1C(=O)Nc1ccc(F)cc1. The van der Waals surface area contributed by atoms with Crippen molar-refractivity contribution in [2.75, 3.05) is 17.7 Å². The number of nitrogens with zero attached hydrogens (tertiary/aromatic N) is 1. The molecule has 0 aliphatic heterocycles. The molecule has 0 spiro atoms. The normalized spacial score (nSPS) is 10.1. The lowest BCUT2D eigenvalue weighted by Gasteiger charge is -2.10. The van der Waals surface area contributed by atoms with Gasteiger partial charge in [0.15, 0.2) is 0 Å². The number of carbonyl (C=O) groups excluding carboxylic acids is 1. The lowest BCUT2D eigenvalue weighted by molar-refractivity contribution is 0.102. The number of hydrogen-bond acceptors (Lipinski definition) is 3. The summed E-state index contributed by atoms with van der Waals surface area (Å²) in [5.74, 6) is -0.630. The molecule has 0 fully saturated rings. The van der Waals surface area contributed by atoms with E-state index in [1.807, 2.05) is 6.92 Å². The minimum Gasteiger partial charge on any atom is -0.387 e. The van der Waals surface area contributed by atoms with E-state index in [-0.39, 0.29) is 11.7 Å². The minimum atomic E-state index is -0.342. The Labute approximate surface area is 110 Å². The molecular weight excluding hydrogens is 245 g/mol. The zero-order valence-corrected chi connectivity index (χ0v) is 10.7. The van der Waals surface area contributed by atoms with Gasteiger partial charge in [0.05, 0.1) is 11.3 Å². The number of pyridine rings is 1. The minimum absolute atomic E-state index is 0.288. The Kier molecular flexibility index (Phi) is 3.75. The van der Waals surface area contributed by atoms with Gasteiger partial charge in [0.1, 0.15) is 5.82 Å². The van der Waals surface area contributed by atoms with Crippen molar-refractivity contribution in [2.45, 2.75) is 6.92 Å². The van der Waals surface area contributed by atoms with E-state index in [9.17, 15) is 9.18 Å². The molecule has 2 rings (SSSR count). The highest BCUT2D eigenvalue weighted by molar-refractivity contribution is 6.07. The highest BCUT2D eigenvalue weighted by Gasteiger charge is 2.11. The van der Waals surface area contributed by atoms with Crippen LogP contribution in [0.1, 0.15) is 16.1 Å². The van der Waals surface area contributed by atoms with Crippen molar-refractivity contribution in [1.29, 1.82) is 0 Å². The first kappa shape index (κ1) is 13.0. The number of carbonyl (C=O) groups is 1. The van der Waals surface area contributed by atoms with E-state index in [0.717, 1.165) is 5.69 Å². The Morgan fingerprint density at radius 3 is 2.58 bits per heavy atom. The zero-order valence-electron chi connectivity index (χ0n) is 10.7. The summed E-state index contributed by atoms with van der Waals surface area (Å²) in [5, 5.41) is 5.65. The smallest absolute Gasteiger partial charge is 0.259 e. The summed E-state index contributed by atoms with van der Waals surface area (Å²) in [6, 6.07) is 7.39. The Morgan fingerprint density at radius 2 is 1.95 bits per heavy atom. The van der Waals surface area contributed by atoms with Crippen LogP contribution in [0.3, 0.4) is 0 Å². The van der Waals surface area contributed by atoms with Crippen molar-refractivity contribution in [3.8, 4) is 0 Å². The Morgan fingerprint density at radius 1 is 1.26 bits per heavy atom. The van der Waals surface area contributed by atoms with Gasteiger partial charge in [0.2, 0.25) is 0 Å². The predicted octanol–water partition coefficient (Wildman–Crippen LogP) is 2.82. The molecule has 1 amide bonds. The number of halogens is 1. The number of aromatic nitrogens is 1. The molecule has 0 radical (unpaired) electrons. The second-order valence-corrected chi connectivity index (χ2v) is 4.08. The van der Waals surface area contributed by atoms with Crippen LogP contribution in [0, 0.1) is 12.7 Å². The molecule has 19 heavy (non-hydrogen) atoms. The number of nitrogens with one attached hydrogen (secondary N) is 2. The quantitative estimate of drug-likeness (QED) is 0.891. The van der Waals surface area contributed by atoms with Gasteiger partial charge in [-0.05, 0) is 37.3 Å². The fourth-order valence-corrected chi connectivity index (χ4v) is 1.68. The van der Waals surface area contributed by atoms with Gasteiger partial charge in [-0.25, -0.2) is 4.39 Å². The number of hydrogen-bond donors (Lipinski definition) is 2. The molecule has 1 aromatic carbocycles. The first-order chi connectivity index (χ1) is 9.10. The van der Waals surface area contributed by atoms with Gasteiger partial charge < -0.3 is 10.6 Å². The van der Waals surface area contributed by atoms with Gasteiger partial charge in [0, 0.05) is 24.6 Å². The molecule has 0 atom stereocenters. The second kappa shape index (κ2) is 5.48. The Balaban J connectivity index is 2.22. The lowest BCUT2D eigenvalue weighted by atomic mass is 10.2. The van der Waals surface area contributed by atoms with E-state index in [1.165, 1.54) is 30.5 Å². The van der Waals surface area contributed by atoms with E-state index in [4.69, 9.17) is 0 Å². The lowest BCUT2D eigenvalue weighted by Crippen LogP contribution is -2.14. The van der Waals surface area contributed by atoms with Crippen LogP contribution in [0.15, 0.2) is 36.5 Å². The molecule has 0 aliphatic carbocycles. The molecular formula is C14H14FN3O. The van der Waals surface area contributed by atoms with Crippen LogP contribution < -0.4 is 10.6 Å². The molecule has 1 aromatic heterocycles. The first-order valence-electron chi connectivity index (χ1n) is 5.81. The monoisotopic (exact) mass is 259 g/mol. The highest BCUT2D eigenvalue weighted by atomic mass is 19.1. The summed E-state index contributed by atoms with van der Waals surface area (Å²) >= 11 is 0. The Hall–Kier alpha value is -2.43. The topological polar surface area (TPSA) is 54.0 Å². The van der Waals surface area contributed by atoms with Gasteiger partial charge >= 0.3 is 0 Å². The average molecular weight is 259 g/mol. The van der Waals surface area contributed by atoms with Crippen molar-refractivity contribution in [3.05, 3.63) is 53.6 Å². The summed E-state index contributed by atoms with van der Waals surface area (Å²) in [6.07, 6.45) is 1.51. The second-order valence-electron chi connectivity index (χ2n) is 4.08. The van der Waals surface area contributed by atoms with Crippen LogP contribution in [-0.2, 0) is 0 Å². The predicted molar refractivity (Wildman–Crippen MR) is 72.9 cm³/mol. The maximum atomic E-state index is 12.8. The van der Waals surface area contributed by atoms with Crippen LogP contribution >= 0.6 is 0 Å². The molecule has 4 nitrogen and oxygen atoms in total. The van der Waals surface area contributed by atoms with Crippen LogP contribution in [0.2, 0.25) is 0 Å². The summed E-state index contributed by atoms with van der Waals surface area (Å²) in [5.41, 5.74) is 2.50. The molecule has 2 aromatic rings. The molecule has 2 N–H and O–H groups in total. The third-order valence-electron chi connectivity index (χ3n) is 2.66. The van der Waals surface area contributed by atoms with Crippen LogP contribution in [0.5, 0.6) is 0 Å². The summed E-state index contributed by atoms with van der Waals surface area (Å²) < 4.78 is 12.8.